The van der Waals surface area contributed by atoms with Gasteiger partial charge in [-0.3, -0.25) is 24.1 Å². The molecular weight excluding hydrogens is 392 g/mol. The second-order valence-electron chi connectivity index (χ2n) is 7.92. The number of amides is 3. The minimum atomic E-state index is -0.791. The standard InChI is InChI=1S/C21H24N2O7/c1-28-13-5-6-14(15(8-13)29-2)22-16(24)10-30-17(25)9-23-20(26)18-11-3-4-12(7-11)19(18)21(23)27/h5-6,8,11-12,18-19H,3-4,7,9-10H2,1-2H3,(H,22,24)/t11-,12-,18-,19-/m0/s1. The van der Waals surface area contributed by atoms with Crippen molar-refractivity contribution in [3.63, 3.8) is 0 Å². The van der Waals surface area contributed by atoms with Crippen LogP contribution in [0.1, 0.15) is 19.3 Å². The highest BCUT2D eigenvalue weighted by atomic mass is 16.5. The normalized spacial score (nSPS) is 26.5. The molecule has 2 saturated carbocycles. The first-order chi connectivity index (χ1) is 14.4. The van der Waals surface area contributed by atoms with Gasteiger partial charge in [0.25, 0.3) is 5.91 Å². The summed E-state index contributed by atoms with van der Waals surface area (Å²) in [5, 5.41) is 2.59. The number of imide groups is 1. The monoisotopic (exact) mass is 416 g/mol. The van der Waals surface area contributed by atoms with Gasteiger partial charge < -0.3 is 19.5 Å². The van der Waals surface area contributed by atoms with Crippen molar-refractivity contribution in [2.24, 2.45) is 23.7 Å². The van der Waals surface area contributed by atoms with E-state index in [4.69, 9.17) is 14.2 Å². The van der Waals surface area contributed by atoms with Crippen LogP contribution in [0.4, 0.5) is 5.69 Å². The third kappa shape index (κ3) is 3.48. The lowest BCUT2D eigenvalue weighted by Gasteiger charge is -2.19. The molecule has 1 heterocycles. The first-order valence-electron chi connectivity index (χ1n) is 9.95. The summed E-state index contributed by atoms with van der Waals surface area (Å²) < 4.78 is 15.3. The Bertz CT molecular complexity index is 871. The SMILES string of the molecule is COc1ccc(NC(=O)COC(=O)CN2C(=O)[C@H]3[C@H]4CC[C@@H](C4)[C@@H]3C2=O)c(OC)c1. The number of hydrogen-bond donors (Lipinski definition) is 1. The van der Waals surface area contributed by atoms with Gasteiger partial charge >= 0.3 is 5.97 Å². The van der Waals surface area contributed by atoms with Gasteiger partial charge in [0, 0.05) is 6.07 Å². The van der Waals surface area contributed by atoms with Crippen LogP contribution in [-0.4, -0.2) is 56.0 Å². The number of nitrogens with one attached hydrogen (secondary N) is 1. The molecule has 1 aliphatic heterocycles. The molecule has 4 atom stereocenters. The summed E-state index contributed by atoms with van der Waals surface area (Å²) in [4.78, 5) is 50.5. The van der Waals surface area contributed by atoms with Crippen molar-refractivity contribution in [3.8, 4) is 11.5 Å². The van der Waals surface area contributed by atoms with Crippen LogP contribution in [0.25, 0.3) is 0 Å². The zero-order valence-electron chi connectivity index (χ0n) is 16.9. The molecule has 1 aromatic carbocycles. The maximum absolute atomic E-state index is 12.6. The number of anilines is 1. The molecule has 1 saturated heterocycles. The maximum Gasteiger partial charge on any atom is 0.326 e. The van der Waals surface area contributed by atoms with Crippen molar-refractivity contribution in [2.75, 3.05) is 32.7 Å². The Hall–Kier alpha value is -3.10. The van der Waals surface area contributed by atoms with E-state index in [1.807, 2.05) is 0 Å². The molecule has 4 rings (SSSR count). The van der Waals surface area contributed by atoms with Gasteiger partial charge in [-0.05, 0) is 43.2 Å². The molecule has 2 bridgehead atoms. The molecule has 0 unspecified atom stereocenters. The van der Waals surface area contributed by atoms with Crippen LogP contribution < -0.4 is 14.8 Å². The molecule has 0 spiro atoms. The number of fused-ring (bicyclic) bond motifs is 5. The molecule has 3 fully saturated rings. The van der Waals surface area contributed by atoms with Gasteiger partial charge in [-0.1, -0.05) is 0 Å². The van der Waals surface area contributed by atoms with E-state index in [2.05, 4.69) is 5.32 Å². The van der Waals surface area contributed by atoms with E-state index in [1.54, 1.807) is 18.2 Å². The minimum absolute atomic E-state index is 0.253. The van der Waals surface area contributed by atoms with Crippen molar-refractivity contribution < 1.29 is 33.4 Å². The van der Waals surface area contributed by atoms with E-state index in [0.29, 0.717) is 17.2 Å². The maximum atomic E-state index is 12.6. The lowest BCUT2D eigenvalue weighted by molar-refractivity contribution is -0.154. The highest BCUT2D eigenvalue weighted by Crippen LogP contribution is 2.56. The van der Waals surface area contributed by atoms with Crippen molar-refractivity contribution in [1.29, 1.82) is 0 Å². The number of benzene rings is 1. The van der Waals surface area contributed by atoms with Crippen molar-refractivity contribution in [3.05, 3.63) is 18.2 Å². The Morgan fingerprint density at radius 2 is 1.73 bits per heavy atom. The van der Waals surface area contributed by atoms with Crippen LogP contribution >= 0.6 is 0 Å². The zero-order chi connectivity index (χ0) is 21.4. The summed E-state index contributed by atoms with van der Waals surface area (Å²) in [6.45, 7) is -0.994. The predicted molar refractivity (Wildman–Crippen MR) is 104 cm³/mol. The Kier molecular flexibility index (Phi) is 5.36. The first-order valence-corrected chi connectivity index (χ1v) is 9.95. The largest absolute Gasteiger partial charge is 0.497 e. The van der Waals surface area contributed by atoms with E-state index >= 15 is 0 Å². The molecule has 3 aliphatic rings. The molecule has 160 valence electrons. The van der Waals surface area contributed by atoms with E-state index in [-0.39, 0.29) is 35.5 Å². The Balaban J connectivity index is 1.30. The number of rotatable bonds is 7. The van der Waals surface area contributed by atoms with Gasteiger partial charge in [0.2, 0.25) is 11.8 Å². The summed E-state index contributed by atoms with van der Waals surface area (Å²) in [6, 6.07) is 4.86. The highest BCUT2D eigenvalue weighted by Gasteiger charge is 2.61. The average Bonchev–Trinajstić information content (AvgIpc) is 3.42. The Labute approximate surface area is 173 Å². The molecule has 1 N–H and O–H groups in total. The summed E-state index contributed by atoms with van der Waals surface area (Å²) >= 11 is 0. The molecule has 0 aromatic heterocycles. The van der Waals surface area contributed by atoms with Gasteiger partial charge in [0.1, 0.15) is 18.0 Å². The fraction of sp³-hybridized carbons (Fsp3) is 0.524. The number of ether oxygens (including phenoxy) is 3. The topological polar surface area (TPSA) is 111 Å². The third-order valence-electron chi connectivity index (χ3n) is 6.35. The van der Waals surface area contributed by atoms with Crippen LogP contribution in [0.15, 0.2) is 18.2 Å². The van der Waals surface area contributed by atoms with Gasteiger partial charge in [0.05, 0.1) is 31.7 Å². The molecule has 9 heteroatoms. The number of carbonyl (C=O) groups excluding carboxylic acids is 4. The molecule has 2 aliphatic carbocycles. The molecule has 1 aromatic rings. The fourth-order valence-electron chi connectivity index (χ4n) is 5.04. The molecule has 9 nitrogen and oxygen atoms in total. The van der Waals surface area contributed by atoms with Crippen molar-refractivity contribution >= 4 is 29.4 Å². The average molecular weight is 416 g/mol. The van der Waals surface area contributed by atoms with Crippen LogP contribution in [0.5, 0.6) is 11.5 Å². The second kappa shape index (κ2) is 7.97. The number of likely N-dealkylation sites (tertiary alicyclic amines) is 1. The van der Waals surface area contributed by atoms with E-state index < -0.39 is 25.0 Å². The molecule has 30 heavy (non-hydrogen) atoms. The van der Waals surface area contributed by atoms with Gasteiger partial charge in [-0.15, -0.1) is 0 Å². The van der Waals surface area contributed by atoms with E-state index in [9.17, 15) is 19.2 Å². The summed E-state index contributed by atoms with van der Waals surface area (Å²) in [6.07, 6.45) is 2.87. The van der Waals surface area contributed by atoms with Crippen LogP contribution in [0, 0.1) is 23.7 Å². The smallest absolute Gasteiger partial charge is 0.326 e. The predicted octanol–water partition coefficient (Wildman–Crippen LogP) is 1.22. The zero-order valence-corrected chi connectivity index (χ0v) is 16.9. The number of esters is 1. The Morgan fingerprint density at radius 3 is 2.33 bits per heavy atom. The lowest BCUT2D eigenvalue weighted by atomic mass is 9.81. The molecule has 3 amide bonds. The number of nitrogens with zero attached hydrogens (tertiary/aromatic N) is 1. The number of carbonyl (C=O) groups is 4. The highest BCUT2D eigenvalue weighted by molar-refractivity contribution is 6.08. The van der Waals surface area contributed by atoms with E-state index in [0.717, 1.165) is 24.2 Å². The number of methoxy groups -OCH3 is 2. The van der Waals surface area contributed by atoms with Gasteiger partial charge in [-0.2, -0.15) is 0 Å². The molecular formula is C21H24N2O7. The lowest BCUT2D eigenvalue weighted by Crippen LogP contribution is -2.38. The minimum Gasteiger partial charge on any atom is -0.497 e. The van der Waals surface area contributed by atoms with Crippen LogP contribution in [-0.2, 0) is 23.9 Å². The second-order valence-corrected chi connectivity index (χ2v) is 7.92. The third-order valence-corrected chi connectivity index (χ3v) is 6.35. The van der Waals surface area contributed by atoms with Gasteiger partial charge in [-0.25, -0.2) is 0 Å². The first kappa shape index (κ1) is 20.2. The summed E-state index contributed by atoms with van der Waals surface area (Å²) in [5.74, 6) is -1.02. The van der Waals surface area contributed by atoms with Crippen molar-refractivity contribution in [1.82, 2.24) is 4.90 Å². The Morgan fingerprint density at radius 1 is 1.07 bits per heavy atom. The summed E-state index contributed by atoms with van der Waals surface area (Å²) in [7, 11) is 2.97. The van der Waals surface area contributed by atoms with Gasteiger partial charge in [0.15, 0.2) is 6.61 Å². The van der Waals surface area contributed by atoms with E-state index in [1.165, 1.54) is 14.2 Å². The van der Waals surface area contributed by atoms with Crippen LogP contribution in [0.3, 0.4) is 0 Å². The molecule has 0 radical (unpaired) electrons. The summed E-state index contributed by atoms with van der Waals surface area (Å²) in [5.41, 5.74) is 0.396. The number of hydrogen-bond acceptors (Lipinski definition) is 7. The quantitative estimate of drug-likeness (QED) is 0.525. The fourth-order valence-corrected chi connectivity index (χ4v) is 5.04. The van der Waals surface area contributed by atoms with Crippen molar-refractivity contribution in [2.45, 2.75) is 19.3 Å². The van der Waals surface area contributed by atoms with Crippen LogP contribution in [0.2, 0.25) is 0 Å².